The van der Waals surface area contributed by atoms with Crippen LogP contribution in [0, 0.1) is 0 Å². The molecule has 0 saturated heterocycles. The fraction of sp³-hybridized carbons (Fsp3) is 0.571. The van der Waals surface area contributed by atoms with E-state index in [1.165, 1.54) is 43.7 Å². The van der Waals surface area contributed by atoms with Crippen LogP contribution in [0.25, 0.3) is 0 Å². The summed E-state index contributed by atoms with van der Waals surface area (Å²) in [5.74, 6) is 0. The van der Waals surface area contributed by atoms with Crippen molar-refractivity contribution in [2.75, 3.05) is 17.4 Å². The van der Waals surface area contributed by atoms with E-state index in [-0.39, 0.29) is 0 Å². The number of benzene rings is 1. The maximum absolute atomic E-state index is 3.78. The summed E-state index contributed by atoms with van der Waals surface area (Å²) in [6.07, 6.45) is 7.85. The van der Waals surface area contributed by atoms with Crippen molar-refractivity contribution in [3.05, 3.63) is 30.3 Å². The molecule has 0 heterocycles. The van der Waals surface area contributed by atoms with E-state index in [9.17, 15) is 0 Å². The van der Waals surface area contributed by atoms with Crippen molar-refractivity contribution in [2.24, 2.45) is 0 Å². The van der Waals surface area contributed by atoms with Gasteiger partial charge in [-0.2, -0.15) is 0 Å². The summed E-state index contributed by atoms with van der Waals surface area (Å²) >= 11 is 3.51. The van der Waals surface area contributed by atoms with Gasteiger partial charge >= 0.3 is 114 Å². The van der Waals surface area contributed by atoms with Crippen molar-refractivity contribution in [2.45, 2.75) is 39.5 Å². The second kappa shape index (κ2) is 8.14. The molecule has 0 bridgehead atoms. The maximum atomic E-state index is 3.78. The molecule has 0 spiro atoms. The van der Waals surface area contributed by atoms with Crippen LogP contribution in [0.2, 0.25) is 0 Å². The standard InChI is InChI=1S/C14H24NPSe/c1-3-5-12-16(17,13-6-4-2)15-14-10-8-7-9-11-14/h7-11H,3-6,12-13H2,1-2H3,(H,15,17). The molecule has 0 saturated carbocycles. The predicted molar refractivity (Wildman–Crippen MR) is 82.3 cm³/mol. The van der Waals surface area contributed by atoms with Gasteiger partial charge in [-0.05, 0) is 0 Å². The number of para-hydroxylation sites is 1. The number of rotatable bonds is 8. The molecule has 1 rings (SSSR count). The second-order valence-electron chi connectivity index (χ2n) is 4.52. The number of anilines is 1. The molecule has 0 aliphatic heterocycles. The fourth-order valence-electron chi connectivity index (χ4n) is 1.80. The monoisotopic (exact) mass is 317 g/mol. The van der Waals surface area contributed by atoms with E-state index < -0.39 is 5.66 Å². The molecule has 1 aromatic rings. The molecule has 96 valence electrons. The van der Waals surface area contributed by atoms with Gasteiger partial charge in [0.25, 0.3) is 0 Å². The Kier molecular flexibility index (Phi) is 7.19. The van der Waals surface area contributed by atoms with Crippen LogP contribution in [0.5, 0.6) is 0 Å². The Bertz CT molecular complexity index is 338. The van der Waals surface area contributed by atoms with E-state index in [1.807, 2.05) is 0 Å². The molecule has 1 aromatic carbocycles. The molecule has 1 N–H and O–H groups in total. The minimum atomic E-state index is -1.10. The molecule has 0 atom stereocenters. The van der Waals surface area contributed by atoms with E-state index in [2.05, 4.69) is 64.4 Å². The van der Waals surface area contributed by atoms with Gasteiger partial charge in [-0.15, -0.1) is 0 Å². The second-order valence-corrected chi connectivity index (χ2v) is 11.8. The van der Waals surface area contributed by atoms with Crippen molar-refractivity contribution < 1.29 is 0 Å². The van der Waals surface area contributed by atoms with E-state index in [0.717, 1.165) is 0 Å². The Morgan fingerprint density at radius 1 is 1.00 bits per heavy atom. The Balaban J connectivity index is 2.65. The number of unbranched alkanes of at least 4 members (excludes halogenated alkanes) is 2. The van der Waals surface area contributed by atoms with Crippen LogP contribution in [0.15, 0.2) is 30.3 Å². The number of hydrogen-bond acceptors (Lipinski definition) is 1. The van der Waals surface area contributed by atoms with Crippen molar-refractivity contribution in [1.82, 2.24) is 0 Å². The first-order valence-electron chi connectivity index (χ1n) is 6.61. The molecule has 0 fully saturated rings. The van der Waals surface area contributed by atoms with Gasteiger partial charge < -0.3 is 0 Å². The third-order valence-electron chi connectivity index (χ3n) is 2.85. The molecule has 3 heteroatoms. The summed E-state index contributed by atoms with van der Waals surface area (Å²) in [5.41, 5.74) is 0.171. The molecule has 0 radical (unpaired) electrons. The summed E-state index contributed by atoms with van der Waals surface area (Å²) in [4.78, 5) is 0. The van der Waals surface area contributed by atoms with Crippen LogP contribution < -0.4 is 5.09 Å². The SMILES string of the molecule is CCCCP(=[Se])(CCCC)Nc1ccccc1. The van der Waals surface area contributed by atoms with Gasteiger partial charge in [0.1, 0.15) is 0 Å². The van der Waals surface area contributed by atoms with Crippen LogP contribution in [0.3, 0.4) is 0 Å². The predicted octanol–water partition coefficient (Wildman–Crippen LogP) is 4.71. The van der Waals surface area contributed by atoms with Gasteiger partial charge in [0.15, 0.2) is 0 Å². The van der Waals surface area contributed by atoms with Gasteiger partial charge in [0, 0.05) is 0 Å². The van der Waals surface area contributed by atoms with Crippen molar-refractivity contribution >= 4 is 26.4 Å². The Morgan fingerprint density at radius 2 is 1.53 bits per heavy atom. The van der Waals surface area contributed by atoms with E-state index >= 15 is 0 Å². The Labute approximate surface area is 114 Å². The summed E-state index contributed by atoms with van der Waals surface area (Å²) in [7, 11) is 0. The van der Waals surface area contributed by atoms with Gasteiger partial charge in [0.05, 0.1) is 0 Å². The van der Waals surface area contributed by atoms with Crippen LogP contribution in [0.4, 0.5) is 5.69 Å². The van der Waals surface area contributed by atoms with Gasteiger partial charge in [0.2, 0.25) is 0 Å². The summed E-state index contributed by atoms with van der Waals surface area (Å²) in [5, 5.41) is 3.78. The zero-order valence-corrected chi connectivity index (χ0v) is 13.6. The number of nitrogens with one attached hydrogen (secondary N) is 1. The zero-order chi connectivity index (χ0) is 12.6. The third-order valence-corrected chi connectivity index (χ3v) is 8.47. The summed E-state index contributed by atoms with van der Waals surface area (Å²) in [6.45, 7) is 4.54. The van der Waals surface area contributed by atoms with Crippen molar-refractivity contribution in [1.29, 1.82) is 0 Å². The topological polar surface area (TPSA) is 12.0 Å². The molecule has 1 nitrogen and oxygen atoms in total. The first kappa shape index (κ1) is 15.0. The molecule has 17 heavy (non-hydrogen) atoms. The first-order valence-corrected chi connectivity index (χ1v) is 11.0. The van der Waals surface area contributed by atoms with Crippen molar-refractivity contribution in [3.63, 3.8) is 0 Å². The van der Waals surface area contributed by atoms with Gasteiger partial charge in [-0.1, -0.05) is 0 Å². The molecular weight excluding hydrogens is 292 g/mol. The van der Waals surface area contributed by atoms with Gasteiger partial charge in [-0.3, -0.25) is 0 Å². The third kappa shape index (κ3) is 5.91. The van der Waals surface area contributed by atoms with Gasteiger partial charge in [-0.25, -0.2) is 0 Å². The Morgan fingerprint density at radius 3 is 2.00 bits per heavy atom. The van der Waals surface area contributed by atoms with Crippen molar-refractivity contribution in [3.8, 4) is 0 Å². The summed E-state index contributed by atoms with van der Waals surface area (Å²) < 4.78 is 0. The first-order chi connectivity index (χ1) is 8.20. The quantitative estimate of drug-likeness (QED) is 0.541. The number of hydrogen-bond donors (Lipinski definition) is 1. The molecule has 0 aliphatic carbocycles. The molecular formula is C14H24NPSe. The minimum absolute atomic E-state index is 1.10. The van der Waals surface area contributed by atoms with E-state index in [1.54, 1.807) is 0 Å². The molecule has 0 amide bonds. The van der Waals surface area contributed by atoms with E-state index in [0.29, 0.717) is 0 Å². The Hall–Kier alpha value is -0.0305. The average Bonchev–Trinajstić information content (AvgIpc) is 2.35. The molecule has 0 unspecified atom stereocenters. The van der Waals surface area contributed by atoms with E-state index in [4.69, 9.17) is 0 Å². The fourth-order valence-corrected chi connectivity index (χ4v) is 6.81. The molecule has 0 aromatic heterocycles. The van der Waals surface area contributed by atoms with Crippen LogP contribution >= 0.6 is 5.66 Å². The normalized spacial score (nSPS) is 11.4. The molecule has 0 aliphatic rings. The van der Waals surface area contributed by atoms with Crippen LogP contribution in [-0.2, 0) is 0 Å². The summed E-state index contributed by atoms with van der Waals surface area (Å²) in [6, 6.07) is 10.6. The zero-order valence-electron chi connectivity index (χ0n) is 11.0. The van der Waals surface area contributed by atoms with Crippen LogP contribution in [-0.4, -0.2) is 27.4 Å². The average molecular weight is 316 g/mol. The van der Waals surface area contributed by atoms with Crippen LogP contribution in [0.1, 0.15) is 39.5 Å².